The molecule has 7 fully saturated rings. The molecule has 0 N–H and O–H groups in total. The lowest BCUT2D eigenvalue weighted by atomic mass is 9.49. The van der Waals surface area contributed by atoms with Gasteiger partial charge in [-0.1, -0.05) is 12.1 Å². The molecule has 0 amide bonds. The van der Waals surface area contributed by atoms with Crippen molar-refractivity contribution in [3.8, 4) is 5.75 Å². The molecule has 4 saturated carbocycles. The van der Waals surface area contributed by atoms with Crippen LogP contribution in [0.15, 0.2) is 41.3 Å². The van der Waals surface area contributed by atoms with Crippen molar-refractivity contribution in [1.29, 1.82) is 0 Å². The number of benzene rings is 2. The van der Waals surface area contributed by atoms with Gasteiger partial charge in [-0.3, -0.25) is 14.4 Å². The van der Waals surface area contributed by atoms with Gasteiger partial charge in [0, 0.05) is 6.42 Å². The summed E-state index contributed by atoms with van der Waals surface area (Å²) in [4.78, 5) is 39.8. The van der Waals surface area contributed by atoms with Crippen molar-refractivity contribution in [1.82, 2.24) is 0 Å². The van der Waals surface area contributed by atoms with Gasteiger partial charge in [-0.05, 0) is 91.3 Å². The highest BCUT2D eigenvalue weighted by atomic mass is 32.2. The predicted octanol–water partition coefficient (Wildman–Crippen LogP) is 2.86. The van der Waals surface area contributed by atoms with Gasteiger partial charge >= 0.3 is 17.9 Å². The topological polar surface area (TPSA) is 145 Å². The minimum Gasteiger partial charge on any atom is -0.744 e. The third-order valence-corrected chi connectivity index (χ3v) is 11.1. The summed E-state index contributed by atoms with van der Waals surface area (Å²) in [6.45, 7) is 0. The van der Waals surface area contributed by atoms with Crippen molar-refractivity contribution in [3.63, 3.8) is 0 Å². The lowest BCUT2D eigenvalue weighted by molar-refractivity contribution is -0.184. The molecule has 40 heavy (non-hydrogen) atoms. The summed E-state index contributed by atoms with van der Waals surface area (Å²) in [5.41, 5.74) is -2.10. The average Bonchev–Trinajstić information content (AvgIpc) is 3.50. The van der Waals surface area contributed by atoms with E-state index < -0.39 is 57.3 Å². The van der Waals surface area contributed by atoms with Gasteiger partial charge in [0.05, 0.1) is 10.3 Å². The molecule has 0 aromatic heterocycles. The lowest BCUT2D eigenvalue weighted by Gasteiger charge is -2.55. The Kier molecular flexibility index (Phi) is 4.98. The second-order valence-electron chi connectivity index (χ2n) is 12.7. The summed E-state index contributed by atoms with van der Waals surface area (Å²) in [6.07, 6.45) is 3.04. The standard InChI is InChI=1S/C29H28O10S/c30-25(28-10-14-5-15(11-28)7-16(6-14)12-28)38-22-21-13-29(24(37-21)23(22)39-27(29)32)26(31)36-19-3-1-18-9-20(40(33,34)35)4-2-17(18)8-19/h1-4,8-9,14-16,21-24H,5-7,10-13H2,(H,33,34,35)/p-1. The Morgan fingerprint density at radius 3 is 2.23 bits per heavy atom. The van der Waals surface area contributed by atoms with Gasteiger partial charge in [0.2, 0.25) is 0 Å². The maximum atomic E-state index is 13.6. The Labute approximate surface area is 230 Å². The molecule has 7 aliphatic rings. The Bertz CT molecular complexity index is 1560. The zero-order chi connectivity index (χ0) is 27.6. The van der Waals surface area contributed by atoms with Crippen LogP contribution in [-0.2, 0) is 38.7 Å². The van der Waals surface area contributed by atoms with E-state index >= 15 is 0 Å². The minimum absolute atomic E-state index is 0.00293. The predicted molar refractivity (Wildman–Crippen MR) is 134 cm³/mol. The fraction of sp³-hybridized carbons (Fsp3) is 0.552. The van der Waals surface area contributed by atoms with Crippen LogP contribution in [0.5, 0.6) is 5.75 Å². The van der Waals surface area contributed by atoms with E-state index in [1.54, 1.807) is 0 Å². The highest BCUT2D eigenvalue weighted by Gasteiger charge is 2.77. The van der Waals surface area contributed by atoms with Crippen LogP contribution in [0.25, 0.3) is 10.8 Å². The van der Waals surface area contributed by atoms with Crippen molar-refractivity contribution < 1.29 is 46.3 Å². The maximum Gasteiger partial charge on any atom is 0.331 e. The van der Waals surface area contributed by atoms with E-state index in [0.29, 0.717) is 28.5 Å². The zero-order valence-electron chi connectivity index (χ0n) is 21.4. The van der Waals surface area contributed by atoms with E-state index in [4.69, 9.17) is 18.9 Å². The van der Waals surface area contributed by atoms with Gasteiger partial charge in [0.25, 0.3) is 0 Å². The first-order chi connectivity index (χ1) is 19.0. The van der Waals surface area contributed by atoms with E-state index in [1.807, 2.05) is 0 Å². The van der Waals surface area contributed by atoms with E-state index in [-0.39, 0.29) is 23.0 Å². The molecule has 9 rings (SSSR count). The van der Waals surface area contributed by atoms with Gasteiger partial charge in [0.15, 0.2) is 17.6 Å². The van der Waals surface area contributed by atoms with Crippen molar-refractivity contribution in [2.45, 2.75) is 74.3 Å². The van der Waals surface area contributed by atoms with Crippen molar-refractivity contribution >= 4 is 38.8 Å². The molecule has 3 saturated heterocycles. The number of carbonyl (C=O) groups is 3. The fourth-order valence-electron chi connectivity index (χ4n) is 8.93. The van der Waals surface area contributed by atoms with E-state index in [9.17, 15) is 27.4 Å². The summed E-state index contributed by atoms with van der Waals surface area (Å²) in [6, 6.07) is 8.38. The van der Waals surface area contributed by atoms with Crippen LogP contribution in [0, 0.1) is 28.6 Å². The SMILES string of the molecule is O=C(OC1C2CC3(C(=O)Oc4ccc5cc(S(=O)(=O)[O-])ccc5c4)C(=O)OC1C3O2)C12CC3CC(CC(C3)C1)C2. The molecule has 0 spiro atoms. The quantitative estimate of drug-likeness (QED) is 0.229. The van der Waals surface area contributed by atoms with E-state index in [0.717, 1.165) is 19.3 Å². The van der Waals surface area contributed by atoms with Crippen molar-refractivity contribution in [3.05, 3.63) is 36.4 Å². The molecule has 2 aromatic carbocycles. The highest BCUT2D eigenvalue weighted by molar-refractivity contribution is 7.85. The van der Waals surface area contributed by atoms with E-state index in [1.165, 1.54) is 55.7 Å². The number of rotatable bonds is 5. The number of ether oxygens (including phenoxy) is 4. The van der Waals surface area contributed by atoms with Crippen LogP contribution in [0.3, 0.4) is 0 Å². The van der Waals surface area contributed by atoms with Crippen LogP contribution in [-0.4, -0.2) is 55.3 Å². The molecule has 6 bridgehead atoms. The minimum atomic E-state index is -4.61. The number of hydrogen-bond acceptors (Lipinski definition) is 10. The lowest BCUT2D eigenvalue weighted by Crippen LogP contribution is -2.54. The summed E-state index contributed by atoms with van der Waals surface area (Å²) in [5, 5.41) is 1.02. The Balaban J connectivity index is 0.997. The maximum absolute atomic E-state index is 13.6. The fourth-order valence-corrected chi connectivity index (χ4v) is 9.44. The molecule has 3 aliphatic heterocycles. The molecule has 10 nitrogen and oxygen atoms in total. The first-order valence-corrected chi connectivity index (χ1v) is 15.2. The first-order valence-electron chi connectivity index (χ1n) is 13.8. The van der Waals surface area contributed by atoms with Gasteiger partial charge in [-0.15, -0.1) is 0 Å². The normalized spacial score (nSPS) is 40.4. The Morgan fingerprint density at radius 1 is 0.900 bits per heavy atom. The highest BCUT2D eigenvalue weighted by Crippen LogP contribution is 2.61. The van der Waals surface area contributed by atoms with Crippen LogP contribution in [0.4, 0.5) is 0 Å². The Hall–Kier alpha value is -3.02. The van der Waals surface area contributed by atoms with Gasteiger partial charge in [0.1, 0.15) is 28.1 Å². The largest absolute Gasteiger partial charge is 0.744 e. The van der Waals surface area contributed by atoms with Crippen molar-refractivity contribution in [2.75, 3.05) is 0 Å². The average molecular weight is 568 g/mol. The molecule has 210 valence electrons. The number of carbonyl (C=O) groups excluding carboxylic acids is 3. The second kappa shape index (κ2) is 8.04. The molecule has 5 unspecified atom stereocenters. The molecular weight excluding hydrogens is 540 g/mol. The van der Waals surface area contributed by atoms with Crippen LogP contribution < -0.4 is 4.74 Å². The zero-order valence-corrected chi connectivity index (χ0v) is 22.3. The molecule has 5 atom stereocenters. The molecule has 0 radical (unpaired) electrons. The van der Waals surface area contributed by atoms with Gasteiger partial charge in [-0.2, -0.15) is 0 Å². The summed E-state index contributed by atoms with van der Waals surface area (Å²) >= 11 is 0. The van der Waals surface area contributed by atoms with Crippen LogP contribution in [0.2, 0.25) is 0 Å². The molecule has 11 heteroatoms. The third-order valence-electron chi connectivity index (χ3n) is 10.3. The Morgan fingerprint density at radius 2 is 1.55 bits per heavy atom. The second-order valence-corrected chi connectivity index (χ2v) is 14.1. The van der Waals surface area contributed by atoms with Gasteiger partial charge < -0.3 is 23.5 Å². The molecule has 2 aromatic rings. The monoisotopic (exact) mass is 567 g/mol. The number of fused-ring (bicyclic) bond motifs is 2. The summed E-state index contributed by atoms with van der Waals surface area (Å²) in [5.74, 6) is 0.128. The van der Waals surface area contributed by atoms with E-state index in [2.05, 4.69) is 0 Å². The smallest absolute Gasteiger partial charge is 0.331 e. The van der Waals surface area contributed by atoms with Crippen LogP contribution >= 0.6 is 0 Å². The molecule has 3 heterocycles. The first kappa shape index (κ1) is 24.8. The molecular formula is C29H27O10S-. The third kappa shape index (κ3) is 3.40. The number of hydrogen-bond donors (Lipinski definition) is 0. The summed E-state index contributed by atoms with van der Waals surface area (Å²) < 4.78 is 57.3. The number of esters is 3. The summed E-state index contributed by atoms with van der Waals surface area (Å²) in [7, 11) is -4.61. The molecule has 4 aliphatic carbocycles. The van der Waals surface area contributed by atoms with Crippen molar-refractivity contribution in [2.24, 2.45) is 28.6 Å². The van der Waals surface area contributed by atoms with Crippen LogP contribution in [0.1, 0.15) is 44.9 Å². The van der Waals surface area contributed by atoms with Gasteiger partial charge in [-0.25, -0.2) is 8.42 Å².